The summed E-state index contributed by atoms with van der Waals surface area (Å²) in [5.41, 5.74) is 2.17. The number of amides is 1. The van der Waals surface area contributed by atoms with Gasteiger partial charge in [-0.25, -0.2) is 0 Å². The maximum atomic E-state index is 12.5. The highest BCUT2D eigenvalue weighted by Gasteiger charge is 2.25. The Morgan fingerprint density at radius 1 is 1.12 bits per heavy atom. The lowest BCUT2D eigenvalue weighted by Crippen LogP contribution is -2.43. The van der Waals surface area contributed by atoms with E-state index in [2.05, 4.69) is 46.3 Å². The number of carbonyl (C=O) groups excluding carboxylic acids is 1. The van der Waals surface area contributed by atoms with Crippen LogP contribution in [0.4, 0.5) is 0 Å². The number of benzene rings is 1. The van der Waals surface area contributed by atoms with Crippen LogP contribution < -0.4 is 5.32 Å². The maximum Gasteiger partial charge on any atom is 0.227 e. The number of aromatic nitrogens is 2. The van der Waals surface area contributed by atoms with Crippen molar-refractivity contribution >= 4 is 5.91 Å². The van der Waals surface area contributed by atoms with Crippen molar-refractivity contribution in [3.05, 3.63) is 59.4 Å². The summed E-state index contributed by atoms with van der Waals surface area (Å²) in [7, 11) is 0. The predicted molar refractivity (Wildman–Crippen MR) is 124 cm³/mol. The van der Waals surface area contributed by atoms with E-state index in [1.165, 1.54) is 5.56 Å². The highest BCUT2D eigenvalue weighted by atomic mass is 16.5. The van der Waals surface area contributed by atoms with E-state index in [1.54, 1.807) is 0 Å². The van der Waals surface area contributed by atoms with Gasteiger partial charge in [0.1, 0.15) is 11.5 Å². The quantitative estimate of drug-likeness (QED) is 0.526. The minimum absolute atomic E-state index is 0.0182. The van der Waals surface area contributed by atoms with Crippen LogP contribution >= 0.6 is 0 Å². The largest absolute Gasteiger partial charge is 0.465 e. The van der Waals surface area contributed by atoms with Crippen LogP contribution in [-0.4, -0.2) is 53.8 Å². The fraction of sp³-hybridized carbons (Fsp3) is 0.480. The molecule has 4 rings (SSSR count). The van der Waals surface area contributed by atoms with Crippen LogP contribution in [0, 0.1) is 6.92 Å². The van der Waals surface area contributed by atoms with Crippen molar-refractivity contribution in [2.24, 2.45) is 0 Å². The zero-order valence-electron chi connectivity index (χ0n) is 19.5. The van der Waals surface area contributed by atoms with Gasteiger partial charge in [0.15, 0.2) is 0 Å². The Morgan fingerprint density at radius 3 is 2.55 bits per heavy atom. The zero-order valence-corrected chi connectivity index (χ0v) is 19.5. The average molecular weight is 453 g/mol. The fourth-order valence-corrected chi connectivity index (χ4v) is 3.94. The van der Waals surface area contributed by atoms with Gasteiger partial charge in [-0.2, -0.15) is 4.98 Å². The number of hydrogen-bond donors (Lipinski definition) is 1. The molecule has 1 atom stereocenters. The fourth-order valence-electron chi connectivity index (χ4n) is 3.94. The molecule has 3 heterocycles. The molecule has 1 saturated heterocycles. The molecule has 176 valence electrons. The molecule has 33 heavy (non-hydrogen) atoms. The molecule has 1 amide bonds. The van der Waals surface area contributed by atoms with Crippen molar-refractivity contribution in [1.82, 2.24) is 20.4 Å². The molecule has 1 N–H and O–H groups in total. The van der Waals surface area contributed by atoms with Gasteiger partial charge >= 0.3 is 0 Å². The van der Waals surface area contributed by atoms with Gasteiger partial charge in [-0.1, -0.05) is 43.3 Å². The van der Waals surface area contributed by atoms with Gasteiger partial charge in [0.2, 0.25) is 17.6 Å². The van der Waals surface area contributed by atoms with E-state index in [9.17, 15) is 4.79 Å². The monoisotopic (exact) mass is 452 g/mol. The standard InChI is InChI=1S/C25H32N4O4/c1-17(2)19-5-7-20(8-6-19)25-27-24(33-28-25)11-10-23(30)26-16-21(22-9-4-18(3)32-22)29-12-14-31-15-13-29/h4-9,17,21H,10-16H2,1-3H3,(H,26,30). The van der Waals surface area contributed by atoms with E-state index < -0.39 is 0 Å². The number of carbonyl (C=O) groups is 1. The maximum absolute atomic E-state index is 12.5. The zero-order chi connectivity index (χ0) is 23.2. The van der Waals surface area contributed by atoms with E-state index >= 15 is 0 Å². The SMILES string of the molecule is Cc1ccc(C(CNC(=O)CCc2nc(-c3ccc(C(C)C)cc3)no2)N2CCOCC2)o1. The summed E-state index contributed by atoms with van der Waals surface area (Å²) in [6.07, 6.45) is 0.673. The number of rotatable bonds is 9. The van der Waals surface area contributed by atoms with E-state index in [0.717, 1.165) is 30.2 Å². The first-order chi connectivity index (χ1) is 16.0. The third-order valence-electron chi connectivity index (χ3n) is 5.94. The third-order valence-corrected chi connectivity index (χ3v) is 5.94. The van der Waals surface area contributed by atoms with Crippen molar-refractivity contribution in [3.8, 4) is 11.4 Å². The summed E-state index contributed by atoms with van der Waals surface area (Å²) in [6, 6.07) is 12.1. The van der Waals surface area contributed by atoms with Crippen LogP contribution in [0.15, 0.2) is 45.3 Å². The smallest absolute Gasteiger partial charge is 0.227 e. The van der Waals surface area contributed by atoms with Crippen LogP contribution in [-0.2, 0) is 16.0 Å². The van der Waals surface area contributed by atoms with Crippen molar-refractivity contribution in [2.75, 3.05) is 32.8 Å². The number of hydrogen-bond acceptors (Lipinski definition) is 7. The lowest BCUT2D eigenvalue weighted by atomic mass is 10.0. The molecule has 2 aromatic heterocycles. The van der Waals surface area contributed by atoms with Gasteiger partial charge in [-0.15, -0.1) is 0 Å². The Hall–Kier alpha value is -2.97. The summed E-state index contributed by atoms with van der Waals surface area (Å²) in [5.74, 6) is 3.14. The molecule has 1 fully saturated rings. The molecule has 3 aromatic rings. The molecule has 8 nitrogen and oxygen atoms in total. The predicted octanol–water partition coefficient (Wildman–Crippen LogP) is 3.88. The minimum Gasteiger partial charge on any atom is -0.465 e. The Balaban J connectivity index is 1.30. The number of nitrogens with one attached hydrogen (secondary N) is 1. The van der Waals surface area contributed by atoms with Crippen molar-refractivity contribution < 1.29 is 18.5 Å². The molecule has 1 aromatic carbocycles. The van der Waals surface area contributed by atoms with Gasteiger partial charge < -0.3 is 19.0 Å². The van der Waals surface area contributed by atoms with Crippen molar-refractivity contribution in [2.45, 2.75) is 45.6 Å². The number of morpholine rings is 1. The normalized spacial score (nSPS) is 15.6. The van der Waals surface area contributed by atoms with Crippen molar-refractivity contribution in [3.63, 3.8) is 0 Å². The van der Waals surface area contributed by atoms with Crippen LogP contribution in [0.2, 0.25) is 0 Å². The molecule has 0 spiro atoms. The number of furan rings is 1. The van der Waals surface area contributed by atoms with E-state index in [0.29, 0.717) is 43.8 Å². The summed E-state index contributed by atoms with van der Waals surface area (Å²) in [4.78, 5) is 19.3. The summed E-state index contributed by atoms with van der Waals surface area (Å²) in [6.45, 7) is 9.70. The number of nitrogens with zero attached hydrogens (tertiary/aromatic N) is 3. The molecule has 1 unspecified atom stereocenters. The molecule has 0 saturated carbocycles. The van der Waals surface area contributed by atoms with E-state index in [1.807, 2.05) is 31.2 Å². The van der Waals surface area contributed by atoms with Crippen LogP contribution in [0.5, 0.6) is 0 Å². The average Bonchev–Trinajstić information content (AvgIpc) is 3.48. The first-order valence-electron chi connectivity index (χ1n) is 11.6. The van der Waals surface area contributed by atoms with Gasteiger partial charge in [0.25, 0.3) is 0 Å². The molecule has 1 aliphatic rings. The molecule has 0 radical (unpaired) electrons. The van der Waals surface area contributed by atoms with Gasteiger partial charge in [-0.05, 0) is 30.5 Å². The summed E-state index contributed by atoms with van der Waals surface area (Å²) < 4.78 is 16.7. The second-order valence-electron chi connectivity index (χ2n) is 8.71. The first-order valence-corrected chi connectivity index (χ1v) is 11.6. The lowest BCUT2D eigenvalue weighted by Gasteiger charge is -2.33. The lowest BCUT2D eigenvalue weighted by molar-refractivity contribution is -0.121. The second kappa shape index (κ2) is 10.8. The van der Waals surface area contributed by atoms with Gasteiger partial charge in [0.05, 0.1) is 19.3 Å². The Morgan fingerprint density at radius 2 is 1.88 bits per heavy atom. The van der Waals surface area contributed by atoms with E-state index in [4.69, 9.17) is 13.7 Å². The molecule has 1 aliphatic heterocycles. The van der Waals surface area contributed by atoms with Crippen LogP contribution in [0.3, 0.4) is 0 Å². The first kappa shape index (κ1) is 23.2. The third kappa shape index (κ3) is 6.09. The van der Waals surface area contributed by atoms with Crippen LogP contribution in [0.25, 0.3) is 11.4 Å². The highest BCUT2D eigenvalue weighted by Crippen LogP contribution is 2.24. The topological polar surface area (TPSA) is 93.6 Å². The molecule has 8 heteroatoms. The Kier molecular flexibility index (Phi) is 7.57. The van der Waals surface area contributed by atoms with Gasteiger partial charge in [-0.3, -0.25) is 9.69 Å². The minimum atomic E-state index is -0.0578. The Bertz CT molecular complexity index is 1030. The van der Waals surface area contributed by atoms with Crippen LogP contribution in [0.1, 0.15) is 55.2 Å². The Labute approximate surface area is 194 Å². The van der Waals surface area contributed by atoms with Gasteiger partial charge in [0, 0.05) is 38.0 Å². The van der Waals surface area contributed by atoms with E-state index in [-0.39, 0.29) is 18.4 Å². The second-order valence-corrected chi connectivity index (χ2v) is 8.71. The summed E-state index contributed by atoms with van der Waals surface area (Å²) >= 11 is 0. The molecule has 0 bridgehead atoms. The molecular formula is C25H32N4O4. The highest BCUT2D eigenvalue weighted by molar-refractivity contribution is 5.76. The number of aryl methyl sites for hydroxylation is 2. The summed E-state index contributed by atoms with van der Waals surface area (Å²) in [5, 5.41) is 7.11. The molecule has 0 aliphatic carbocycles. The molecular weight excluding hydrogens is 420 g/mol. The van der Waals surface area contributed by atoms with Crippen molar-refractivity contribution in [1.29, 1.82) is 0 Å². The number of ether oxygens (including phenoxy) is 1.